The SMILES string of the molecule is CC(C)(c1cc(Cl)cc(Cl)c1)N1COC(C=NO)=C(c2ccccc2)C1=O. The van der Waals surface area contributed by atoms with Gasteiger partial charge in [0.15, 0.2) is 12.5 Å². The van der Waals surface area contributed by atoms with E-state index >= 15 is 0 Å². The van der Waals surface area contributed by atoms with Gasteiger partial charge in [-0.05, 0) is 43.2 Å². The third-order valence-corrected chi connectivity index (χ3v) is 4.97. The van der Waals surface area contributed by atoms with Crippen LogP contribution in [0.15, 0.2) is 59.4 Å². The summed E-state index contributed by atoms with van der Waals surface area (Å²) in [6, 6.07) is 14.3. The van der Waals surface area contributed by atoms with E-state index in [-0.39, 0.29) is 18.4 Å². The number of halogens is 2. The maximum Gasteiger partial charge on any atom is 0.261 e. The molecular formula is C20H18Cl2N2O3. The van der Waals surface area contributed by atoms with Gasteiger partial charge in [0.25, 0.3) is 5.91 Å². The molecule has 0 atom stereocenters. The molecule has 1 heterocycles. The Kier molecular flexibility index (Phi) is 5.44. The highest BCUT2D eigenvalue weighted by molar-refractivity contribution is 6.34. The molecule has 0 saturated carbocycles. The minimum atomic E-state index is -0.743. The van der Waals surface area contributed by atoms with Crippen molar-refractivity contribution in [1.82, 2.24) is 4.90 Å². The normalized spacial score (nSPS) is 15.4. The molecule has 2 aromatic rings. The molecule has 0 radical (unpaired) electrons. The number of rotatable bonds is 4. The molecule has 0 aliphatic carbocycles. The molecule has 7 heteroatoms. The third-order valence-electron chi connectivity index (χ3n) is 4.54. The van der Waals surface area contributed by atoms with Crippen LogP contribution in [0.5, 0.6) is 0 Å². The highest BCUT2D eigenvalue weighted by Gasteiger charge is 2.39. The molecular weight excluding hydrogens is 387 g/mol. The van der Waals surface area contributed by atoms with Crippen molar-refractivity contribution < 1.29 is 14.7 Å². The van der Waals surface area contributed by atoms with E-state index in [1.165, 1.54) is 0 Å². The van der Waals surface area contributed by atoms with Crippen LogP contribution in [-0.2, 0) is 15.1 Å². The fourth-order valence-corrected chi connectivity index (χ4v) is 3.53. The molecule has 27 heavy (non-hydrogen) atoms. The van der Waals surface area contributed by atoms with E-state index in [4.69, 9.17) is 33.1 Å². The largest absolute Gasteiger partial charge is 0.470 e. The van der Waals surface area contributed by atoms with Crippen molar-refractivity contribution in [3.8, 4) is 0 Å². The van der Waals surface area contributed by atoms with Gasteiger partial charge in [0, 0.05) is 10.0 Å². The quantitative estimate of drug-likeness (QED) is 0.446. The second kappa shape index (κ2) is 7.62. The van der Waals surface area contributed by atoms with Crippen molar-refractivity contribution in [2.75, 3.05) is 6.73 Å². The van der Waals surface area contributed by atoms with Gasteiger partial charge in [0.1, 0.15) is 6.21 Å². The van der Waals surface area contributed by atoms with Gasteiger partial charge in [0.2, 0.25) is 0 Å². The number of amides is 1. The van der Waals surface area contributed by atoms with Crippen molar-refractivity contribution in [3.63, 3.8) is 0 Å². The van der Waals surface area contributed by atoms with Crippen LogP contribution < -0.4 is 0 Å². The van der Waals surface area contributed by atoms with E-state index in [9.17, 15) is 4.79 Å². The van der Waals surface area contributed by atoms with Gasteiger partial charge in [-0.15, -0.1) is 0 Å². The van der Waals surface area contributed by atoms with Crippen LogP contribution in [-0.4, -0.2) is 29.0 Å². The van der Waals surface area contributed by atoms with Gasteiger partial charge < -0.3 is 9.94 Å². The average molecular weight is 405 g/mol. The zero-order chi connectivity index (χ0) is 19.6. The van der Waals surface area contributed by atoms with Crippen LogP contribution >= 0.6 is 23.2 Å². The number of hydrogen-bond acceptors (Lipinski definition) is 4. The van der Waals surface area contributed by atoms with E-state index in [0.29, 0.717) is 21.2 Å². The predicted octanol–water partition coefficient (Wildman–Crippen LogP) is 4.92. The molecule has 0 bridgehead atoms. The second-order valence-corrected chi connectivity index (χ2v) is 7.45. The lowest BCUT2D eigenvalue weighted by atomic mass is 9.90. The van der Waals surface area contributed by atoms with Crippen LogP contribution in [0.1, 0.15) is 25.0 Å². The third kappa shape index (κ3) is 3.80. The number of allylic oxidation sites excluding steroid dienone is 1. The first kappa shape index (κ1) is 19.3. The van der Waals surface area contributed by atoms with E-state index in [1.807, 2.05) is 32.0 Å². The summed E-state index contributed by atoms with van der Waals surface area (Å²) in [6.45, 7) is 3.78. The predicted molar refractivity (Wildman–Crippen MR) is 106 cm³/mol. The Morgan fingerprint density at radius 3 is 2.37 bits per heavy atom. The molecule has 0 unspecified atom stereocenters. The summed E-state index contributed by atoms with van der Waals surface area (Å²) >= 11 is 12.3. The maximum absolute atomic E-state index is 13.4. The first-order valence-corrected chi connectivity index (χ1v) is 8.98. The summed E-state index contributed by atoms with van der Waals surface area (Å²) in [5, 5.41) is 12.9. The summed E-state index contributed by atoms with van der Waals surface area (Å²) < 4.78 is 5.75. The topological polar surface area (TPSA) is 62.1 Å². The minimum Gasteiger partial charge on any atom is -0.470 e. The van der Waals surface area contributed by atoms with Crippen LogP contribution in [0.3, 0.4) is 0 Å². The molecule has 3 rings (SSSR count). The number of carbonyl (C=O) groups is 1. The summed E-state index contributed by atoms with van der Waals surface area (Å²) in [5.41, 5.74) is 1.03. The summed E-state index contributed by atoms with van der Waals surface area (Å²) in [6.07, 6.45) is 1.13. The molecule has 5 nitrogen and oxygen atoms in total. The Hall–Kier alpha value is -2.50. The zero-order valence-electron chi connectivity index (χ0n) is 14.8. The molecule has 1 N–H and O–H groups in total. The molecule has 0 saturated heterocycles. The lowest BCUT2D eigenvalue weighted by Crippen LogP contribution is -2.49. The van der Waals surface area contributed by atoms with Gasteiger partial charge in [-0.25, -0.2) is 0 Å². The van der Waals surface area contributed by atoms with Crippen LogP contribution in [0, 0.1) is 0 Å². The second-order valence-electron chi connectivity index (χ2n) is 6.57. The molecule has 0 fully saturated rings. The fraction of sp³-hybridized carbons (Fsp3) is 0.200. The number of hydrogen-bond donors (Lipinski definition) is 1. The number of oxime groups is 1. The Balaban J connectivity index is 2.07. The Morgan fingerprint density at radius 1 is 1.15 bits per heavy atom. The van der Waals surface area contributed by atoms with Crippen LogP contribution in [0.25, 0.3) is 5.57 Å². The highest BCUT2D eigenvalue weighted by atomic mass is 35.5. The van der Waals surface area contributed by atoms with Crippen LogP contribution in [0.2, 0.25) is 10.0 Å². The molecule has 0 aromatic heterocycles. The maximum atomic E-state index is 13.4. The summed E-state index contributed by atoms with van der Waals surface area (Å²) in [4.78, 5) is 15.0. The molecule has 1 aliphatic rings. The number of nitrogens with zero attached hydrogens (tertiary/aromatic N) is 2. The molecule has 1 amide bonds. The number of benzene rings is 2. The monoisotopic (exact) mass is 404 g/mol. The molecule has 1 aliphatic heterocycles. The minimum absolute atomic E-state index is 0.00630. The van der Waals surface area contributed by atoms with Crippen molar-refractivity contribution >= 4 is 40.9 Å². The molecule has 2 aromatic carbocycles. The molecule has 0 spiro atoms. The van der Waals surface area contributed by atoms with Crippen molar-refractivity contribution in [2.45, 2.75) is 19.4 Å². The van der Waals surface area contributed by atoms with E-state index < -0.39 is 5.54 Å². The van der Waals surface area contributed by atoms with Gasteiger partial charge in [-0.2, -0.15) is 0 Å². The lowest BCUT2D eigenvalue weighted by molar-refractivity contribution is -0.139. The first-order valence-electron chi connectivity index (χ1n) is 8.23. The van der Waals surface area contributed by atoms with E-state index in [2.05, 4.69) is 5.16 Å². The van der Waals surface area contributed by atoms with Gasteiger partial charge in [-0.3, -0.25) is 9.69 Å². The van der Waals surface area contributed by atoms with Gasteiger partial charge >= 0.3 is 0 Å². The number of carbonyl (C=O) groups excluding carboxylic acids is 1. The highest BCUT2D eigenvalue weighted by Crippen LogP contribution is 2.37. The van der Waals surface area contributed by atoms with E-state index in [1.54, 1.807) is 35.2 Å². The van der Waals surface area contributed by atoms with E-state index in [0.717, 1.165) is 11.8 Å². The Bertz CT molecular complexity index is 904. The smallest absolute Gasteiger partial charge is 0.261 e. The summed E-state index contributed by atoms with van der Waals surface area (Å²) in [7, 11) is 0. The average Bonchev–Trinajstić information content (AvgIpc) is 2.62. The zero-order valence-corrected chi connectivity index (χ0v) is 16.3. The lowest BCUT2D eigenvalue weighted by Gasteiger charge is -2.41. The summed E-state index contributed by atoms with van der Waals surface area (Å²) in [5.74, 6) is -0.0340. The fourth-order valence-electron chi connectivity index (χ4n) is 3.01. The van der Waals surface area contributed by atoms with Crippen molar-refractivity contribution in [1.29, 1.82) is 0 Å². The van der Waals surface area contributed by atoms with Crippen LogP contribution in [0.4, 0.5) is 0 Å². The number of ether oxygens (including phenoxy) is 1. The Labute approximate surface area is 167 Å². The van der Waals surface area contributed by atoms with Crippen molar-refractivity contribution in [2.24, 2.45) is 5.16 Å². The van der Waals surface area contributed by atoms with Crippen molar-refractivity contribution in [3.05, 3.63) is 75.5 Å². The van der Waals surface area contributed by atoms with Gasteiger partial charge in [0.05, 0.1) is 11.1 Å². The Morgan fingerprint density at radius 2 is 1.78 bits per heavy atom. The standard InChI is InChI=1S/C20H18Cl2N2O3/c1-20(2,14-8-15(21)10-16(22)9-14)24-12-27-17(11-23-26)18(19(24)25)13-6-4-3-5-7-13/h3-11,26H,12H2,1-2H3. The van der Waals surface area contributed by atoms with Gasteiger partial charge in [-0.1, -0.05) is 58.7 Å². The molecule has 140 valence electrons. The first-order chi connectivity index (χ1) is 12.8.